The fraction of sp³-hybridized carbons (Fsp3) is 0.440. The number of aryl methyl sites for hydroxylation is 2. The summed E-state index contributed by atoms with van der Waals surface area (Å²) in [4.78, 5) is 5.59. The topological polar surface area (TPSA) is 68.7 Å². The molecular formula is C25H30N2O3. The fourth-order valence-electron chi connectivity index (χ4n) is 5.09. The molecule has 1 saturated heterocycles. The van der Waals surface area contributed by atoms with Gasteiger partial charge in [-0.15, -0.1) is 0 Å². The summed E-state index contributed by atoms with van der Waals surface area (Å²) in [5.41, 5.74) is 4.98. The van der Waals surface area contributed by atoms with Crippen LogP contribution >= 0.6 is 0 Å². The average Bonchev–Trinajstić information content (AvgIpc) is 3.14. The Labute approximate surface area is 177 Å². The monoisotopic (exact) mass is 406 g/mol. The highest BCUT2D eigenvalue weighted by Gasteiger charge is 2.43. The molecule has 1 fully saturated rings. The van der Waals surface area contributed by atoms with Crippen molar-refractivity contribution in [1.82, 2.24) is 9.88 Å². The number of nitrogens with zero attached hydrogens (tertiary/aromatic N) is 1. The third-order valence-electron chi connectivity index (χ3n) is 6.84. The second kappa shape index (κ2) is 7.41. The second-order valence-electron chi connectivity index (χ2n) is 9.16. The zero-order valence-corrected chi connectivity index (χ0v) is 17.7. The fourth-order valence-corrected chi connectivity index (χ4v) is 5.09. The molecule has 5 nitrogen and oxygen atoms in total. The minimum atomic E-state index is -0.530. The van der Waals surface area contributed by atoms with E-state index >= 15 is 0 Å². The molecule has 3 N–H and O–H groups in total. The zero-order valence-electron chi connectivity index (χ0n) is 17.7. The first-order valence-corrected chi connectivity index (χ1v) is 10.9. The quantitative estimate of drug-likeness (QED) is 0.611. The van der Waals surface area contributed by atoms with Crippen LogP contribution in [0.4, 0.5) is 0 Å². The highest BCUT2D eigenvalue weighted by molar-refractivity contribution is 5.84. The summed E-state index contributed by atoms with van der Waals surface area (Å²) in [7, 11) is 0. The first-order chi connectivity index (χ1) is 14.4. The Hall–Kier alpha value is -2.34. The molecule has 2 atom stereocenters. The molecule has 0 saturated carbocycles. The predicted molar refractivity (Wildman–Crippen MR) is 118 cm³/mol. The maximum Gasteiger partial charge on any atom is 0.125 e. The van der Waals surface area contributed by atoms with E-state index in [1.54, 1.807) is 0 Å². The molecule has 3 heterocycles. The van der Waals surface area contributed by atoms with Gasteiger partial charge in [0, 0.05) is 54.3 Å². The molecule has 0 unspecified atom stereocenters. The van der Waals surface area contributed by atoms with Gasteiger partial charge < -0.3 is 24.8 Å². The van der Waals surface area contributed by atoms with Gasteiger partial charge in [-0.3, -0.25) is 0 Å². The Morgan fingerprint density at radius 2 is 1.87 bits per heavy atom. The zero-order chi connectivity index (χ0) is 20.9. The van der Waals surface area contributed by atoms with Crippen molar-refractivity contribution in [3.05, 3.63) is 64.8 Å². The lowest BCUT2D eigenvalue weighted by atomic mass is 9.81. The molecule has 2 aromatic carbocycles. The van der Waals surface area contributed by atoms with Gasteiger partial charge in [0.15, 0.2) is 0 Å². The van der Waals surface area contributed by atoms with Crippen LogP contribution in [0.15, 0.2) is 42.6 Å². The van der Waals surface area contributed by atoms with Gasteiger partial charge in [0.2, 0.25) is 0 Å². The van der Waals surface area contributed by atoms with E-state index in [1.165, 1.54) is 5.56 Å². The molecule has 158 valence electrons. The number of hydrogen-bond acceptors (Lipinski definition) is 4. The van der Waals surface area contributed by atoms with Crippen LogP contribution in [-0.4, -0.2) is 45.3 Å². The number of ether oxygens (including phenoxy) is 1. The Morgan fingerprint density at radius 1 is 1.13 bits per heavy atom. The van der Waals surface area contributed by atoms with Crippen LogP contribution < -0.4 is 4.74 Å². The molecular weight excluding hydrogens is 376 g/mol. The SMILES string of the molecule is Cc1ccc2c(c1)[C@H](O)CC1(CCN(C[C@@H](O)c3c[nH]c4cc(C)ccc34)CC1)O2. The van der Waals surface area contributed by atoms with Crippen LogP contribution in [0.5, 0.6) is 5.75 Å². The van der Waals surface area contributed by atoms with Gasteiger partial charge in [0.25, 0.3) is 0 Å². The molecule has 0 radical (unpaired) electrons. The highest BCUT2D eigenvalue weighted by Crippen LogP contribution is 2.44. The molecule has 0 bridgehead atoms. The predicted octanol–water partition coefficient (Wildman–Crippen LogP) is 4.17. The van der Waals surface area contributed by atoms with Crippen molar-refractivity contribution in [1.29, 1.82) is 0 Å². The number of aliphatic hydroxyl groups excluding tert-OH is 2. The standard InChI is InChI=1S/C25H30N2O3/c1-16-4-6-24-19(11-16)22(28)13-25(30-24)7-9-27(10-8-25)15-23(29)20-14-26-21-12-17(2)3-5-18(20)21/h3-6,11-12,14,22-23,26,28-29H,7-10,13,15H2,1-2H3/t22-,23-/m1/s1. The van der Waals surface area contributed by atoms with Crippen molar-refractivity contribution < 1.29 is 14.9 Å². The van der Waals surface area contributed by atoms with E-state index in [0.29, 0.717) is 13.0 Å². The van der Waals surface area contributed by atoms with Crippen molar-refractivity contribution in [2.24, 2.45) is 0 Å². The summed E-state index contributed by atoms with van der Waals surface area (Å²) in [6.45, 7) is 6.42. The van der Waals surface area contributed by atoms with E-state index in [1.807, 2.05) is 31.3 Å². The van der Waals surface area contributed by atoms with Gasteiger partial charge in [-0.2, -0.15) is 0 Å². The van der Waals surface area contributed by atoms with Crippen molar-refractivity contribution in [2.75, 3.05) is 19.6 Å². The molecule has 30 heavy (non-hydrogen) atoms. The number of β-amino-alcohol motifs (C(OH)–C–C–N with tert-alkyl or cyclic N) is 1. The van der Waals surface area contributed by atoms with Crippen molar-refractivity contribution in [2.45, 2.75) is 50.9 Å². The number of nitrogens with one attached hydrogen (secondary N) is 1. The number of piperidine rings is 1. The third-order valence-corrected chi connectivity index (χ3v) is 6.84. The minimum Gasteiger partial charge on any atom is -0.487 e. The lowest BCUT2D eigenvalue weighted by Crippen LogP contribution is -2.51. The molecule has 1 aromatic heterocycles. The summed E-state index contributed by atoms with van der Waals surface area (Å²) < 4.78 is 6.43. The Morgan fingerprint density at radius 3 is 2.67 bits per heavy atom. The number of benzene rings is 2. The summed E-state index contributed by atoms with van der Waals surface area (Å²) in [6.07, 6.45) is 3.29. The lowest BCUT2D eigenvalue weighted by Gasteiger charge is -2.46. The Bertz CT molecular complexity index is 1070. The largest absolute Gasteiger partial charge is 0.487 e. The summed E-state index contributed by atoms with van der Waals surface area (Å²) in [6, 6.07) is 12.3. The van der Waals surface area contributed by atoms with Crippen LogP contribution in [-0.2, 0) is 0 Å². The first-order valence-electron chi connectivity index (χ1n) is 10.9. The summed E-state index contributed by atoms with van der Waals surface area (Å²) in [5.74, 6) is 0.821. The number of fused-ring (bicyclic) bond motifs is 2. The Kier molecular flexibility index (Phi) is 4.85. The summed E-state index contributed by atoms with van der Waals surface area (Å²) >= 11 is 0. The maximum atomic E-state index is 10.9. The van der Waals surface area contributed by atoms with E-state index in [4.69, 9.17) is 4.74 Å². The van der Waals surface area contributed by atoms with E-state index in [-0.39, 0.29) is 5.60 Å². The smallest absolute Gasteiger partial charge is 0.125 e. The molecule has 2 aliphatic rings. The molecule has 2 aliphatic heterocycles. The Balaban J connectivity index is 1.25. The van der Waals surface area contributed by atoms with Gasteiger partial charge in [-0.25, -0.2) is 0 Å². The minimum absolute atomic E-state index is 0.304. The van der Waals surface area contributed by atoms with Crippen LogP contribution in [0.25, 0.3) is 10.9 Å². The van der Waals surface area contributed by atoms with E-state index in [9.17, 15) is 10.2 Å². The van der Waals surface area contributed by atoms with Crippen LogP contribution in [0.1, 0.15) is 53.7 Å². The van der Waals surface area contributed by atoms with E-state index < -0.39 is 12.2 Å². The summed E-state index contributed by atoms with van der Waals surface area (Å²) in [5, 5.41) is 22.7. The van der Waals surface area contributed by atoms with Gasteiger partial charge in [-0.05, 0) is 50.5 Å². The number of aromatic nitrogens is 1. The van der Waals surface area contributed by atoms with Gasteiger partial charge >= 0.3 is 0 Å². The van der Waals surface area contributed by atoms with Crippen molar-refractivity contribution in [3.63, 3.8) is 0 Å². The molecule has 5 heteroatoms. The lowest BCUT2D eigenvalue weighted by molar-refractivity contribution is -0.0587. The van der Waals surface area contributed by atoms with E-state index in [0.717, 1.165) is 59.3 Å². The second-order valence-corrected chi connectivity index (χ2v) is 9.16. The van der Waals surface area contributed by atoms with Gasteiger partial charge in [-0.1, -0.05) is 23.8 Å². The number of likely N-dealkylation sites (tertiary alicyclic amines) is 1. The van der Waals surface area contributed by atoms with E-state index in [2.05, 4.69) is 35.0 Å². The molecule has 0 aliphatic carbocycles. The molecule has 0 amide bonds. The third kappa shape index (κ3) is 3.51. The normalized spacial score (nSPS) is 22.1. The van der Waals surface area contributed by atoms with Crippen LogP contribution in [0.2, 0.25) is 0 Å². The highest BCUT2D eigenvalue weighted by atomic mass is 16.5. The molecule has 5 rings (SSSR count). The van der Waals surface area contributed by atoms with Gasteiger partial charge in [0.05, 0.1) is 12.2 Å². The molecule has 1 spiro atoms. The first kappa shape index (κ1) is 19.6. The number of aliphatic hydroxyl groups is 2. The van der Waals surface area contributed by atoms with Crippen molar-refractivity contribution in [3.8, 4) is 5.75 Å². The number of H-pyrrole nitrogens is 1. The number of rotatable bonds is 3. The van der Waals surface area contributed by atoms with Gasteiger partial charge in [0.1, 0.15) is 11.4 Å². The number of hydrogen-bond donors (Lipinski definition) is 3. The van der Waals surface area contributed by atoms with Crippen LogP contribution in [0.3, 0.4) is 0 Å². The number of aromatic amines is 1. The van der Waals surface area contributed by atoms with Crippen molar-refractivity contribution >= 4 is 10.9 Å². The van der Waals surface area contributed by atoms with Crippen LogP contribution in [0, 0.1) is 13.8 Å². The molecule has 3 aromatic rings. The average molecular weight is 407 g/mol. The maximum absolute atomic E-state index is 10.9.